The second-order valence-corrected chi connectivity index (χ2v) is 4.96. The lowest BCUT2D eigenvalue weighted by atomic mass is 10.0. The molecule has 1 aliphatic rings. The third-order valence-corrected chi connectivity index (χ3v) is 3.55. The van der Waals surface area contributed by atoms with Crippen LogP contribution in [0.2, 0.25) is 0 Å². The summed E-state index contributed by atoms with van der Waals surface area (Å²) in [7, 11) is 0. The first-order chi connectivity index (χ1) is 9.65. The summed E-state index contributed by atoms with van der Waals surface area (Å²) in [6, 6.07) is 13.7. The minimum Gasteiger partial charge on any atom is -0.399 e. The Morgan fingerprint density at radius 1 is 1.10 bits per heavy atom. The second kappa shape index (κ2) is 4.85. The van der Waals surface area contributed by atoms with Crippen LogP contribution in [0.4, 0.5) is 11.4 Å². The van der Waals surface area contributed by atoms with Gasteiger partial charge in [-0.05, 0) is 34.9 Å². The second-order valence-electron chi connectivity index (χ2n) is 4.96. The molecule has 1 heterocycles. The normalized spacial score (nSPS) is 13.2. The lowest BCUT2D eigenvalue weighted by Crippen LogP contribution is -2.29. The molecule has 2 N–H and O–H groups in total. The Morgan fingerprint density at radius 2 is 1.85 bits per heavy atom. The van der Waals surface area contributed by atoms with Crippen molar-refractivity contribution in [1.29, 1.82) is 0 Å². The van der Waals surface area contributed by atoms with Crippen molar-refractivity contribution in [3.63, 3.8) is 0 Å². The van der Waals surface area contributed by atoms with E-state index in [1.54, 1.807) is 11.8 Å². The molecule has 0 atom stereocenters. The van der Waals surface area contributed by atoms with Crippen molar-refractivity contribution < 1.29 is 4.79 Å². The zero-order chi connectivity index (χ0) is 14.1. The molecule has 0 spiro atoms. The van der Waals surface area contributed by atoms with E-state index in [0.717, 1.165) is 28.1 Å². The number of nitrogen functional groups attached to an aromatic ring is 1. The number of anilines is 2. The van der Waals surface area contributed by atoms with Crippen LogP contribution in [0.3, 0.4) is 0 Å². The monoisotopic (exact) mass is 264 g/mol. The largest absolute Gasteiger partial charge is 0.399 e. The smallest absolute Gasteiger partial charge is 0.224 e. The van der Waals surface area contributed by atoms with Gasteiger partial charge in [-0.2, -0.15) is 0 Å². The molecule has 1 aliphatic heterocycles. The number of hydrogen-bond acceptors (Lipinski definition) is 2. The maximum Gasteiger partial charge on any atom is 0.224 e. The van der Waals surface area contributed by atoms with Crippen LogP contribution in [-0.4, -0.2) is 5.91 Å². The average Bonchev–Trinajstić information content (AvgIpc) is 2.42. The fourth-order valence-electron chi connectivity index (χ4n) is 2.50. The first-order valence-electron chi connectivity index (χ1n) is 6.59. The van der Waals surface area contributed by atoms with Gasteiger partial charge in [0, 0.05) is 12.6 Å². The number of para-hydroxylation sites is 1. The summed E-state index contributed by atoms with van der Waals surface area (Å²) in [5.74, 6) is 0.0375. The number of nitrogens with two attached hydrogens (primary N) is 1. The number of benzene rings is 2. The van der Waals surface area contributed by atoms with Gasteiger partial charge in [-0.3, -0.25) is 4.79 Å². The standard InChI is InChI=1S/C17H16N2O/c1-12(20)19-11-15-8-9-16(18)10-14(15)7-6-13-4-2-3-5-17(13)19/h2-10H,11,18H2,1H3. The maximum absolute atomic E-state index is 12.0. The van der Waals surface area contributed by atoms with Crippen LogP contribution in [0.25, 0.3) is 12.2 Å². The minimum atomic E-state index is 0.0375. The van der Waals surface area contributed by atoms with Crippen molar-refractivity contribution in [3.8, 4) is 0 Å². The van der Waals surface area contributed by atoms with Crippen LogP contribution in [-0.2, 0) is 11.3 Å². The van der Waals surface area contributed by atoms with Crippen LogP contribution in [0.15, 0.2) is 42.5 Å². The highest BCUT2D eigenvalue weighted by molar-refractivity contribution is 5.95. The van der Waals surface area contributed by atoms with Gasteiger partial charge in [0.05, 0.1) is 12.2 Å². The Bertz CT molecular complexity index is 704. The summed E-state index contributed by atoms with van der Waals surface area (Å²) in [4.78, 5) is 13.8. The van der Waals surface area contributed by atoms with E-state index in [4.69, 9.17) is 5.73 Å². The van der Waals surface area contributed by atoms with Gasteiger partial charge >= 0.3 is 0 Å². The van der Waals surface area contributed by atoms with E-state index in [1.807, 2.05) is 48.5 Å². The molecule has 3 heteroatoms. The summed E-state index contributed by atoms with van der Waals surface area (Å²) in [5, 5.41) is 0. The number of carbonyl (C=O) groups is 1. The molecular formula is C17H16N2O. The summed E-state index contributed by atoms with van der Waals surface area (Å²) in [6.07, 6.45) is 4.09. The van der Waals surface area contributed by atoms with Crippen molar-refractivity contribution in [2.75, 3.05) is 10.6 Å². The first kappa shape index (κ1) is 12.5. The molecule has 0 fully saturated rings. The number of rotatable bonds is 0. The highest BCUT2D eigenvalue weighted by Gasteiger charge is 2.17. The van der Waals surface area contributed by atoms with E-state index in [1.165, 1.54) is 0 Å². The molecule has 3 rings (SSSR count). The zero-order valence-electron chi connectivity index (χ0n) is 11.3. The Labute approximate surface area is 118 Å². The quantitative estimate of drug-likeness (QED) is 0.742. The van der Waals surface area contributed by atoms with E-state index < -0.39 is 0 Å². The Balaban J connectivity index is 2.19. The maximum atomic E-state index is 12.0. The fourth-order valence-corrected chi connectivity index (χ4v) is 2.50. The van der Waals surface area contributed by atoms with Crippen molar-refractivity contribution in [1.82, 2.24) is 0 Å². The molecule has 0 unspecified atom stereocenters. The molecule has 0 bridgehead atoms. The zero-order valence-corrected chi connectivity index (χ0v) is 11.3. The van der Waals surface area contributed by atoms with Crippen molar-refractivity contribution in [2.24, 2.45) is 0 Å². The van der Waals surface area contributed by atoms with Crippen molar-refractivity contribution in [2.45, 2.75) is 13.5 Å². The topological polar surface area (TPSA) is 46.3 Å². The van der Waals surface area contributed by atoms with Crippen LogP contribution in [0, 0.1) is 0 Å². The molecule has 0 saturated heterocycles. The third-order valence-electron chi connectivity index (χ3n) is 3.55. The molecule has 2 aromatic rings. The van der Waals surface area contributed by atoms with E-state index in [2.05, 4.69) is 6.08 Å². The number of nitrogens with zero attached hydrogens (tertiary/aromatic N) is 1. The summed E-state index contributed by atoms with van der Waals surface area (Å²) in [5.41, 5.74) is 10.7. The Hall–Kier alpha value is -2.55. The Kier molecular flexibility index (Phi) is 3.03. The molecular weight excluding hydrogens is 248 g/mol. The van der Waals surface area contributed by atoms with Gasteiger partial charge in [-0.25, -0.2) is 0 Å². The molecule has 0 aromatic heterocycles. The summed E-state index contributed by atoms with van der Waals surface area (Å²) in [6.45, 7) is 2.16. The molecule has 100 valence electrons. The summed E-state index contributed by atoms with van der Waals surface area (Å²) < 4.78 is 0. The molecule has 1 amide bonds. The number of hydrogen-bond donors (Lipinski definition) is 1. The van der Waals surface area contributed by atoms with Crippen LogP contribution in [0.1, 0.15) is 23.6 Å². The average molecular weight is 264 g/mol. The van der Waals surface area contributed by atoms with Gasteiger partial charge in [0.25, 0.3) is 0 Å². The molecule has 0 saturated carbocycles. The van der Waals surface area contributed by atoms with E-state index in [0.29, 0.717) is 6.54 Å². The van der Waals surface area contributed by atoms with E-state index in [9.17, 15) is 4.79 Å². The van der Waals surface area contributed by atoms with Crippen LogP contribution >= 0.6 is 0 Å². The minimum absolute atomic E-state index is 0.0375. The van der Waals surface area contributed by atoms with Gasteiger partial charge in [0.15, 0.2) is 0 Å². The molecule has 0 radical (unpaired) electrons. The predicted molar refractivity (Wildman–Crippen MR) is 83.1 cm³/mol. The van der Waals surface area contributed by atoms with Crippen LogP contribution in [0.5, 0.6) is 0 Å². The van der Waals surface area contributed by atoms with Crippen molar-refractivity contribution >= 4 is 29.4 Å². The lowest BCUT2D eigenvalue weighted by molar-refractivity contribution is -0.116. The molecule has 2 aromatic carbocycles. The molecule has 20 heavy (non-hydrogen) atoms. The van der Waals surface area contributed by atoms with Crippen molar-refractivity contribution in [3.05, 3.63) is 59.2 Å². The fraction of sp³-hybridized carbons (Fsp3) is 0.118. The first-order valence-corrected chi connectivity index (χ1v) is 6.59. The van der Waals surface area contributed by atoms with Gasteiger partial charge in [0.1, 0.15) is 0 Å². The van der Waals surface area contributed by atoms with Crippen LogP contribution < -0.4 is 10.6 Å². The van der Waals surface area contributed by atoms with Gasteiger partial charge in [-0.1, -0.05) is 36.4 Å². The predicted octanol–water partition coefficient (Wildman–Crippen LogP) is 3.31. The highest BCUT2D eigenvalue weighted by atomic mass is 16.2. The van der Waals surface area contributed by atoms with Gasteiger partial charge in [-0.15, -0.1) is 0 Å². The number of amides is 1. The third kappa shape index (κ3) is 2.18. The van der Waals surface area contributed by atoms with Gasteiger partial charge < -0.3 is 10.6 Å². The van der Waals surface area contributed by atoms with E-state index >= 15 is 0 Å². The van der Waals surface area contributed by atoms with E-state index in [-0.39, 0.29) is 5.91 Å². The lowest BCUT2D eigenvalue weighted by Gasteiger charge is -2.25. The Morgan fingerprint density at radius 3 is 2.65 bits per heavy atom. The van der Waals surface area contributed by atoms with Gasteiger partial charge in [0.2, 0.25) is 5.91 Å². The molecule has 3 nitrogen and oxygen atoms in total. The SMILES string of the molecule is CC(=O)N1Cc2ccc(N)cc2C=Cc2ccccc21. The number of fused-ring (bicyclic) bond motifs is 2. The number of carbonyl (C=O) groups excluding carboxylic acids is 1. The summed E-state index contributed by atoms with van der Waals surface area (Å²) >= 11 is 0. The molecule has 0 aliphatic carbocycles. The highest BCUT2D eigenvalue weighted by Crippen LogP contribution is 2.29.